The molecule has 2 atom stereocenters. The average Bonchev–Trinajstić information content (AvgIpc) is 3.92. The highest BCUT2D eigenvalue weighted by molar-refractivity contribution is 5.91. The third-order valence-corrected chi connectivity index (χ3v) is 9.95. The third kappa shape index (κ3) is 18.4. The molecular weight excluding hydrogens is 812 g/mol. The molecule has 2 aliphatic carbocycles. The number of unbranched alkanes of at least 4 members (excludes halogenated alkanes) is 2. The fourth-order valence-corrected chi connectivity index (χ4v) is 6.78. The second-order valence-corrected chi connectivity index (χ2v) is 15.9. The molecule has 4 rings (SSSR count). The maximum absolute atomic E-state index is 13.8. The summed E-state index contributed by atoms with van der Waals surface area (Å²) in [6.45, 7) is 5.08. The van der Waals surface area contributed by atoms with Crippen LogP contribution in [0.3, 0.4) is 0 Å². The van der Waals surface area contributed by atoms with Gasteiger partial charge in [-0.3, -0.25) is 19.2 Å². The zero-order valence-electron chi connectivity index (χ0n) is 34.8. The van der Waals surface area contributed by atoms with E-state index in [1.54, 1.807) is 20.8 Å². The van der Waals surface area contributed by atoms with Crippen LogP contribution in [0.15, 0.2) is 36.4 Å². The number of hydrogen-bond donors (Lipinski definition) is 4. The van der Waals surface area contributed by atoms with Crippen LogP contribution in [0.5, 0.6) is 11.5 Å². The maximum atomic E-state index is 13.8. The number of alkyl carbamates (subject to hydrolysis) is 1. The number of amides is 3. The molecule has 0 bridgehead atoms. The largest absolute Gasteiger partial charge is 0.480 e. The van der Waals surface area contributed by atoms with Crippen LogP contribution >= 0.6 is 12.4 Å². The van der Waals surface area contributed by atoms with E-state index in [0.717, 1.165) is 82.1 Å². The van der Waals surface area contributed by atoms with Crippen LogP contribution in [0.2, 0.25) is 0 Å². The Kier molecular flexibility index (Phi) is 23.0. The zero-order valence-corrected chi connectivity index (χ0v) is 35.6. The molecule has 60 heavy (non-hydrogen) atoms. The van der Waals surface area contributed by atoms with E-state index in [0.29, 0.717) is 45.2 Å². The van der Waals surface area contributed by atoms with Crippen molar-refractivity contribution in [2.45, 2.75) is 128 Å². The number of nitrogens with one attached hydrogen (secondary N) is 3. The van der Waals surface area contributed by atoms with Gasteiger partial charge in [0.15, 0.2) is 46.3 Å². The van der Waals surface area contributed by atoms with Crippen molar-refractivity contribution >= 4 is 41.9 Å². The van der Waals surface area contributed by atoms with Gasteiger partial charge in [-0.25, -0.2) is 22.4 Å². The van der Waals surface area contributed by atoms with Crippen LogP contribution in [0.25, 0.3) is 0 Å². The van der Waals surface area contributed by atoms with E-state index >= 15 is 0 Å². The summed E-state index contributed by atoms with van der Waals surface area (Å²) in [7, 11) is 0. The van der Waals surface area contributed by atoms with Gasteiger partial charge < -0.3 is 35.9 Å². The van der Waals surface area contributed by atoms with Crippen molar-refractivity contribution in [2.75, 3.05) is 26.3 Å². The zero-order chi connectivity index (χ0) is 43.4. The van der Waals surface area contributed by atoms with E-state index < -0.39 is 83.3 Å². The Labute approximate surface area is 356 Å². The standard InChI is InChI=1S/C24H34F2N2O5.C19H26F2N2O3.ClH/c1-24(2,3)33-23(31)27-14-7-6-13-19(28-22(30)16-9-4-5-10-16)20(29)15-32-21-17(25)11-8-12-18(21)26;20-14-8-5-9-15(21)18(14)26-12-17(24)16(10-3-4-11-22)23-19(25)13-6-1-2-7-13;/h8,11-12,16,19H,4-7,9-10,13-15H2,1-3H3,(H,27,31)(H,28,30);5,8-9,13,16H,1-4,6-7,10-12,22H2,(H,23,25);1H/t19-;16-;/m00./s1. The first kappa shape index (κ1) is 51.7. The lowest BCUT2D eigenvalue weighted by molar-refractivity contribution is -0.131. The maximum Gasteiger partial charge on any atom is 0.407 e. The molecule has 0 heterocycles. The first-order valence-electron chi connectivity index (χ1n) is 20.6. The van der Waals surface area contributed by atoms with Gasteiger partial charge in [0, 0.05) is 18.4 Å². The second kappa shape index (κ2) is 26.7. The van der Waals surface area contributed by atoms with E-state index in [1.165, 1.54) is 12.1 Å². The number of nitrogens with two attached hydrogens (primary N) is 1. The lowest BCUT2D eigenvalue weighted by Crippen LogP contribution is -2.45. The Morgan fingerprint density at radius 1 is 0.667 bits per heavy atom. The van der Waals surface area contributed by atoms with Gasteiger partial charge in [0.2, 0.25) is 11.8 Å². The van der Waals surface area contributed by atoms with E-state index in [1.807, 2.05) is 0 Å². The number of rotatable bonds is 21. The molecule has 2 aromatic carbocycles. The summed E-state index contributed by atoms with van der Waals surface area (Å²) < 4.78 is 70.1. The molecule has 2 fully saturated rings. The fourth-order valence-electron chi connectivity index (χ4n) is 6.78. The average molecular weight is 873 g/mol. The molecule has 2 saturated carbocycles. The molecule has 0 spiro atoms. The Morgan fingerprint density at radius 2 is 1.05 bits per heavy atom. The molecule has 0 aromatic heterocycles. The van der Waals surface area contributed by atoms with Crippen LogP contribution < -0.4 is 31.2 Å². The van der Waals surface area contributed by atoms with Gasteiger partial charge in [0.05, 0.1) is 12.1 Å². The topological polar surface area (TPSA) is 175 Å². The van der Waals surface area contributed by atoms with Gasteiger partial charge >= 0.3 is 6.09 Å². The molecule has 17 heteroatoms. The molecule has 5 N–H and O–H groups in total. The van der Waals surface area contributed by atoms with Crippen molar-refractivity contribution in [1.29, 1.82) is 0 Å². The molecule has 0 aliphatic heterocycles. The summed E-state index contributed by atoms with van der Waals surface area (Å²) in [5.74, 6) is -6.12. The van der Waals surface area contributed by atoms with Gasteiger partial charge in [-0.1, -0.05) is 37.8 Å². The summed E-state index contributed by atoms with van der Waals surface area (Å²) in [6, 6.07) is 5.05. The molecule has 2 aromatic rings. The van der Waals surface area contributed by atoms with E-state index in [2.05, 4.69) is 16.0 Å². The van der Waals surface area contributed by atoms with Crippen molar-refractivity contribution in [2.24, 2.45) is 17.6 Å². The van der Waals surface area contributed by atoms with Gasteiger partial charge in [-0.2, -0.15) is 0 Å². The molecule has 0 unspecified atom stereocenters. The molecule has 2 aliphatic rings. The van der Waals surface area contributed by atoms with Crippen LogP contribution in [-0.2, 0) is 23.9 Å². The highest BCUT2D eigenvalue weighted by Gasteiger charge is 2.29. The molecular formula is C43H61ClF4N4O8. The summed E-state index contributed by atoms with van der Waals surface area (Å²) in [6.07, 6.45) is 9.91. The van der Waals surface area contributed by atoms with E-state index in [-0.39, 0.29) is 36.1 Å². The Bertz CT molecular complexity index is 1650. The van der Waals surface area contributed by atoms with Crippen molar-refractivity contribution in [1.82, 2.24) is 16.0 Å². The van der Waals surface area contributed by atoms with E-state index in [4.69, 9.17) is 19.9 Å². The number of carbonyl (C=O) groups excluding carboxylic acids is 5. The van der Waals surface area contributed by atoms with Crippen LogP contribution in [0.4, 0.5) is 22.4 Å². The lowest BCUT2D eigenvalue weighted by atomic mass is 10.0. The number of carbonyl (C=O) groups is 5. The first-order chi connectivity index (χ1) is 28.1. The first-order valence-corrected chi connectivity index (χ1v) is 20.6. The van der Waals surface area contributed by atoms with Crippen LogP contribution in [-0.4, -0.2) is 73.5 Å². The number of para-hydroxylation sites is 2. The predicted molar refractivity (Wildman–Crippen MR) is 220 cm³/mol. The van der Waals surface area contributed by atoms with Crippen molar-refractivity contribution < 1.29 is 55.7 Å². The minimum atomic E-state index is -0.900. The minimum Gasteiger partial charge on any atom is -0.480 e. The second-order valence-electron chi connectivity index (χ2n) is 15.9. The Hall–Kier alpha value is -4.44. The van der Waals surface area contributed by atoms with Crippen molar-refractivity contribution in [3.63, 3.8) is 0 Å². The van der Waals surface area contributed by atoms with Crippen molar-refractivity contribution in [3.05, 3.63) is 59.7 Å². The third-order valence-electron chi connectivity index (χ3n) is 9.95. The van der Waals surface area contributed by atoms with Crippen LogP contribution in [0.1, 0.15) is 111 Å². The molecule has 0 saturated heterocycles. The Balaban J connectivity index is 0.000000418. The normalized spacial score (nSPS) is 15.1. The number of ketones is 2. The molecule has 12 nitrogen and oxygen atoms in total. The van der Waals surface area contributed by atoms with Gasteiger partial charge in [-0.05, 0) is 116 Å². The number of hydrogen-bond acceptors (Lipinski definition) is 9. The van der Waals surface area contributed by atoms with Gasteiger partial charge in [-0.15, -0.1) is 12.4 Å². The van der Waals surface area contributed by atoms with Gasteiger partial charge in [0.25, 0.3) is 0 Å². The molecule has 336 valence electrons. The predicted octanol–water partition coefficient (Wildman–Crippen LogP) is 7.42. The van der Waals surface area contributed by atoms with Crippen molar-refractivity contribution in [3.8, 4) is 11.5 Å². The number of ether oxygens (including phenoxy) is 3. The summed E-state index contributed by atoms with van der Waals surface area (Å²) >= 11 is 0. The summed E-state index contributed by atoms with van der Waals surface area (Å²) in [5, 5.41) is 8.22. The lowest BCUT2D eigenvalue weighted by Gasteiger charge is -2.21. The summed E-state index contributed by atoms with van der Waals surface area (Å²) in [4.78, 5) is 61.8. The number of Topliss-reactive ketones (excluding diaryl/α,β-unsaturated/α-hetero) is 2. The minimum absolute atomic E-state index is 0. The van der Waals surface area contributed by atoms with E-state index in [9.17, 15) is 41.5 Å². The number of benzene rings is 2. The highest BCUT2D eigenvalue weighted by Crippen LogP contribution is 2.27. The highest BCUT2D eigenvalue weighted by atomic mass is 35.5. The monoisotopic (exact) mass is 872 g/mol. The summed E-state index contributed by atoms with van der Waals surface area (Å²) in [5.41, 5.74) is 4.89. The Morgan fingerprint density at radius 3 is 1.42 bits per heavy atom. The smallest absolute Gasteiger partial charge is 0.407 e. The SMILES string of the molecule is CC(C)(C)OC(=O)NCCCC[C@H](NC(=O)C1CCCC1)C(=O)COc1c(F)cccc1F.Cl.NCCCC[C@H](NC(=O)C1CCCC1)C(=O)COc1c(F)cccc1F. The quantitative estimate of drug-likeness (QED) is 0.0735. The molecule has 0 radical (unpaired) electrons. The van der Waals surface area contributed by atoms with Crippen LogP contribution in [0, 0.1) is 35.1 Å². The number of halogens is 5. The van der Waals surface area contributed by atoms with Gasteiger partial charge in [0.1, 0.15) is 18.8 Å². The molecule has 3 amide bonds. The fraction of sp³-hybridized carbons (Fsp3) is 0.605.